The minimum absolute atomic E-state index is 0.114. The molecule has 1 aromatic carbocycles. The van der Waals surface area contributed by atoms with E-state index in [2.05, 4.69) is 10.2 Å². The minimum Gasteiger partial charge on any atom is -0.492 e. The van der Waals surface area contributed by atoms with Crippen LogP contribution in [0.1, 0.15) is 6.42 Å². The monoisotopic (exact) mass is 353 g/mol. The molecule has 0 unspecified atom stereocenters. The number of β-amino-alcohol motifs (C(OH)–C–C–N with tert-alkyl or cyclic N) is 1. The van der Waals surface area contributed by atoms with Crippen molar-refractivity contribution in [1.29, 1.82) is 0 Å². The highest BCUT2D eigenvalue weighted by Gasteiger charge is 2.32. The summed E-state index contributed by atoms with van der Waals surface area (Å²) in [5.74, 6) is 0.933. The number of rotatable bonds is 5. The van der Waals surface area contributed by atoms with Crippen LogP contribution in [0.5, 0.6) is 5.75 Å². The molecule has 2 saturated heterocycles. The first-order valence-electron chi connectivity index (χ1n) is 8.43. The van der Waals surface area contributed by atoms with Crippen LogP contribution in [0.2, 0.25) is 5.02 Å². The van der Waals surface area contributed by atoms with Crippen LogP contribution in [0.15, 0.2) is 24.3 Å². The van der Waals surface area contributed by atoms with Crippen LogP contribution >= 0.6 is 11.6 Å². The highest BCUT2D eigenvalue weighted by molar-refractivity contribution is 6.30. The summed E-state index contributed by atoms with van der Waals surface area (Å²) in [5.41, 5.74) is 0. The maximum atomic E-state index is 12.4. The summed E-state index contributed by atoms with van der Waals surface area (Å²) >= 11 is 5.85. The third-order valence-corrected chi connectivity index (χ3v) is 4.83. The number of halogens is 1. The number of amides is 1. The molecule has 0 radical (unpaired) electrons. The second-order valence-electron chi connectivity index (χ2n) is 6.32. The third kappa shape index (κ3) is 4.60. The van der Waals surface area contributed by atoms with Gasteiger partial charge in [0.05, 0.1) is 12.1 Å². The maximum Gasteiger partial charge on any atom is 0.239 e. The topological polar surface area (TPSA) is 65.0 Å². The molecule has 0 spiro atoms. The Labute approximate surface area is 147 Å². The van der Waals surface area contributed by atoms with Gasteiger partial charge in [0.1, 0.15) is 12.4 Å². The molecule has 1 amide bonds. The zero-order chi connectivity index (χ0) is 16.9. The molecule has 132 valence electrons. The Hall–Kier alpha value is -1.34. The Bertz CT molecular complexity index is 547. The molecule has 2 aliphatic heterocycles. The summed E-state index contributed by atoms with van der Waals surface area (Å²) in [6.07, 6.45) is 0.124. The van der Waals surface area contributed by atoms with Gasteiger partial charge in [0, 0.05) is 44.3 Å². The number of carbonyl (C=O) groups excluding carboxylic acids is 1. The number of ether oxygens (including phenoxy) is 1. The summed E-state index contributed by atoms with van der Waals surface area (Å²) in [4.78, 5) is 16.6. The van der Waals surface area contributed by atoms with Crippen LogP contribution < -0.4 is 10.1 Å². The highest BCUT2D eigenvalue weighted by atomic mass is 35.5. The van der Waals surface area contributed by atoms with Gasteiger partial charge in [-0.1, -0.05) is 11.6 Å². The van der Waals surface area contributed by atoms with Gasteiger partial charge in [-0.25, -0.2) is 0 Å². The number of piperazine rings is 1. The SMILES string of the molecule is O=C([C@@H]1C[C@@H](O)CN1)N1CCN(CCOc2ccc(Cl)cc2)CC1. The first kappa shape index (κ1) is 17.5. The van der Waals surface area contributed by atoms with Crippen LogP contribution in [0.3, 0.4) is 0 Å². The van der Waals surface area contributed by atoms with Crippen molar-refractivity contribution in [2.45, 2.75) is 18.6 Å². The van der Waals surface area contributed by atoms with E-state index >= 15 is 0 Å². The molecule has 2 aliphatic rings. The van der Waals surface area contributed by atoms with Gasteiger partial charge in [-0.2, -0.15) is 0 Å². The Kier molecular flexibility index (Phi) is 5.94. The molecule has 2 heterocycles. The second-order valence-corrected chi connectivity index (χ2v) is 6.76. The molecule has 0 saturated carbocycles. The number of hydrogen-bond acceptors (Lipinski definition) is 5. The quantitative estimate of drug-likeness (QED) is 0.811. The average molecular weight is 354 g/mol. The van der Waals surface area contributed by atoms with Crippen LogP contribution in [0.25, 0.3) is 0 Å². The van der Waals surface area contributed by atoms with Crippen molar-refractivity contribution in [3.63, 3.8) is 0 Å². The number of aliphatic hydroxyl groups excluding tert-OH is 1. The molecule has 2 atom stereocenters. The summed E-state index contributed by atoms with van der Waals surface area (Å²) in [7, 11) is 0. The fourth-order valence-corrected chi connectivity index (χ4v) is 3.27. The van der Waals surface area contributed by atoms with Crippen molar-refractivity contribution in [1.82, 2.24) is 15.1 Å². The third-order valence-electron chi connectivity index (χ3n) is 4.58. The van der Waals surface area contributed by atoms with E-state index in [1.165, 1.54) is 0 Å². The Morgan fingerprint density at radius 3 is 2.58 bits per heavy atom. The van der Waals surface area contributed by atoms with Gasteiger partial charge < -0.3 is 20.1 Å². The standard InChI is InChI=1S/C17H24ClN3O3/c18-13-1-3-15(4-2-13)24-10-9-20-5-7-21(8-6-20)17(23)16-11-14(22)12-19-16/h1-4,14,16,19,22H,5-12H2/t14-,16+/m1/s1. The van der Waals surface area contributed by atoms with Crippen molar-refractivity contribution >= 4 is 17.5 Å². The van der Waals surface area contributed by atoms with E-state index in [9.17, 15) is 9.90 Å². The minimum atomic E-state index is -0.398. The molecule has 3 rings (SSSR count). The van der Waals surface area contributed by atoms with E-state index in [-0.39, 0.29) is 11.9 Å². The Morgan fingerprint density at radius 2 is 1.96 bits per heavy atom. The van der Waals surface area contributed by atoms with E-state index in [1.54, 1.807) is 0 Å². The number of carbonyl (C=O) groups is 1. The first-order chi connectivity index (χ1) is 11.6. The zero-order valence-electron chi connectivity index (χ0n) is 13.7. The van der Waals surface area contributed by atoms with Gasteiger partial charge in [-0.15, -0.1) is 0 Å². The van der Waals surface area contributed by atoms with Crippen LogP contribution in [-0.2, 0) is 4.79 Å². The van der Waals surface area contributed by atoms with Gasteiger partial charge in [-0.3, -0.25) is 9.69 Å². The molecular weight excluding hydrogens is 330 g/mol. The predicted octanol–water partition coefficient (Wildman–Crippen LogP) is 0.586. The van der Waals surface area contributed by atoms with E-state index in [4.69, 9.17) is 16.3 Å². The van der Waals surface area contributed by atoms with Crippen molar-refractivity contribution < 1.29 is 14.6 Å². The average Bonchev–Trinajstić information content (AvgIpc) is 3.03. The first-order valence-corrected chi connectivity index (χ1v) is 8.80. The summed E-state index contributed by atoms with van der Waals surface area (Å²) in [6, 6.07) is 7.13. The smallest absolute Gasteiger partial charge is 0.239 e. The van der Waals surface area contributed by atoms with Crippen LogP contribution in [-0.4, -0.2) is 78.8 Å². The van der Waals surface area contributed by atoms with Gasteiger partial charge >= 0.3 is 0 Å². The second kappa shape index (κ2) is 8.16. The van der Waals surface area contributed by atoms with Gasteiger partial charge in [0.15, 0.2) is 0 Å². The maximum absolute atomic E-state index is 12.4. The molecule has 7 heteroatoms. The fourth-order valence-electron chi connectivity index (χ4n) is 3.14. The van der Waals surface area contributed by atoms with E-state index in [0.717, 1.165) is 38.5 Å². The number of aliphatic hydroxyl groups is 1. The number of nitrogens with one attached hydrogen (secondary N) is 1. The summed E-state index contributed by atoms with van der Waals surface area (Å²) in [5, 5.41) is 13.3. The van der Waals surface area contributed by atoms with E-state index in [0.29, 0.717) is 24.6 Å². The van der Waals surface area contributed by atoms with Crippen molar-refractivity contribution in [2.24, 2.45) is 0 Å². The largest absolute Gasteiger partial charge is 0.492 e. The lowest BCUT2D eigenvalue weighted by molar-refractivity contribution is -0.135. The van der Waals surface area contributed by atoms with E-state index in [1.807, 2.05) is 29.2 Å². The van der Waals surface area contributed by atoms with Gasteiger partial charge in [-0.05, 0) is 30.7 Å². The normalized spacial score (nSPS) is 25.0. The lowest BCUT2D eigenvalue weighted by atomic mass is 10.1. The molecule has 1 aromatic rings. The molecule has 2 N–H and O–H groups in total. The molecule has 0 aliphatic carbocycles. The number of hydrogen-bond donors (Lipinski definition) is 2. The van der Waals surface area contributed by atoms with Crippen LogP contribution in [0.4, 0.5) is 0 Å². The van der Waals surface area contributed by atoms with Crippen LogP contribution in [0, 0.1) is 0 Å². The van der Waals surface area contributed by atoms with Crippen molar-refractivity contribution in [2.75, 3.05) is 45.9 Å². The Morgan fingerprint density at radius 1 is 1.25 bits per heavy atom. The van der Waals surface area contributed by atoms with Crippen molar-refractivity contribution in [3.8, 4) is 5.75 Å². The lowest BCUT2D eigenvalue weighted by Crippen LogP contribution is -2.53. The molecule has 24 heavy (non-hydrogen) atoms. The summed E-state index contributed by atoms with van der Waals surface area (Å²) < 4.78 is 5.71. The number of benzene rings is 1. The molecular formula is C17H24ClN3O3. The Balaban J connectivity index is 1.36. The summed E-state index contributed by atoms with van der Waals surface area (Å²) in [6.45, 7) is 5.13. The van der Waals surface area contributed by atoms with E-state index < -0.39 is 6.10 Å². The molecule has 2 fully saturated rings. The predicted molar refractivity (Wildman–Crippen MR) is 92.4 cm³/mol. The van der Waals surface area contributed by atoms with Gasteiger partial charge in [0.2, 0.25) is 5.91 Å². The fraction of sp³-hybridized carbons (Fsp3) is 0.588. The number of nitrogens with zero attached hydrogens (tertiary/aromatic N) is 2. The highest BCUT2D eigenvalue weighted by Crippen LogP contribution is 2.16. The zero-order valence-corrected chi connectivity index (χ0v) is 14.4. The lowest BCUT2D eigenvalue weighted by Gasteiger charge is -2.35. The molecule has 0 aromatic heterocycles. The molecule has 0 bridgehead atoms. The van der Waals surface area contributed by atoms with Crippen molar-refractivity contribution in [3.05, 3.63) is 29.3 Å². The van der Waals surface area contributed by atoms with Gasteiger partial charge in [0.25, 0.3) is 0 Å². The molecule has 6 nitrogen and oxygen atoms in total.